The SMILES string of the molecule is CCC(CC1CC1)NCCC1CCc2ccccc2C1=O.Cl. The van der Waals surface area contributed by atoms with E-state index in [1.165, 1.54) is 31.2 Å². The van der Waals surface area contributed by atoms with Gasteiger partial charge in [-0.1, -0.05) is 44.0 Å². The van der Waals surface area contributed by atoms with E-state index >= 15 is 0 Å². The fourth-order valence-electron chi connectivity index (χ4n) is 3.55. The Morgan fingerprint density at radius 2 is 2.00 bits per heavy atom. The highest BCUT2D eigenvalue weighted by atomic mass is 35.5. The van der Waals surface area contributed by atoms with Crippen LogP contribution in [0.25, 0.3) is 0 Å². The van der Waals surface area contributed by atoms with Crippen molar-refractivity contribution >= 4 is 18.2 Å². The minimum atomic E-state index is 0. The molecule has 0 bridgehead atoms. The molecule has 3 heteroatoms. The molecule has 3 rings (SSSR count). The summed E-state index contributed by atoms with van der Waals surface area (Å²) in [6.45, 7) is 3.26. The number of rotatable bonds is 7. The predicted molar refractivity (Wildman–Crippen MR) is 93.9 cm³/mol. The number of nitrogens with one attached hydrogen (secondary N) is 1. The second-order valence-corrected chi connectivity index (χ2v) is 6.78. The van der Waals surface area contributed by atoms with E-state index in [1.807, 2.05) is 18.2 Å². The van der Waals surface area contributed by atoms with Gasteiger partial charge in [0.15, 0.2) is 5.78 Å². The molecule has 0 saturated heterocycles. The van der Waals surface area contributed by atoms with E-state index < -0.39 is 0 Å². The van der Waals surface area contributed by atoms with Gasteiger partial charge >= 0.3 is 0 Å². The molecule has 2 aliphatic rings. The molecule has 0 aromatic heterocycles. The van der Waals surface area contributed by atoms with Gasteiger partial charge in [-0.2, -0.15) is 0 Å². The number of carbonyl (C=O) groups is 1. The number of carbonyl (C=O) groups excluding carboxylic acids is 1. The summed E-state index contributed by atoms with van der Waals surface area (Å²) in [7, 11) is 0. The first-order chi connectivity index (χ1) is 10.3. The van der Waals surface area contributed by atoms with E-state index in [4.69, 9.17) is 0 Å². The van der Waals surface area contributed by atoms with Gasteiger partial charge in [0.25, 0.3) is 0 Å². The van der Waals surface area contributed by atoms with Crippen molar-refractivity contribution < 1.29 is 4.79 Å². The Hall–Kier alpha value is -0.860. The molecule has 1 aromatic rings. The molecule has 2 aliphatic carbocycles. The number of hydrogen-bond donors (Lipinski definition) is 1. The van der Waals surface area contributed by atoms with E-state index in [0.717, 1.165) is 37.3 Å². The second-order valence-electron chi connectivity index (χ2n) is 6.78. The average Bonchev–Trinajstić information content (AvgIpc) is 3.33. The number of Topliss-reactive ketones (excluding diaryl/α,β-unsaturated/α-hetero) is 1. The molecule has 122 valence electrons. The van der Waals surface area contributed by atoms with E-state index in [9.17, 15) is 4.79 Å². The Morgan fingerprint density at radius 1 is 1.23 bits per heavy atom. The molecule has 1 N–H and O–H groups in total. The molecule has 0 heterocycles. The normalized spacial score (nSPS) is 21.9. The molecule has 0 spiro atoms. The Kier molecular flexibility index (Phi) is 6.46. The molecular formula is C19H28ClNO. The van der Waals surface area contributed by atoms with Crippen LogP contribution in [0.4, 0.5) is 0 Å². The van der Waals surface area contributed by atoms with Crippen LogP contribution in [0, 0.1) is 11.8 Å². The number of benzene rings is 1. The number of hydrogen-bond acceptors (Lipinski definition) is 2. The van der Waals surface area contributed by atoms with E-state index in [-0.39, 0.29) is 18.3 Å². The number of ketones is 1. The lowest BCUT2D eigenvalue weighted by atomic mass is 9.81. The van der Waals surface area contributed by atoms with Crippen molar-refractivity contribution in [2.45, 2.75) is 57.9 Å². The summed E-state index contributed by atoms with van der Waals surface area (Å²) in [5, 5.41) is 3.68. The number of fused-ring (bicyclic) bond motifs is 1. The van der Waals surface area contributed by atoms with Crippen LogP contribution in [-0.2, 0) is 6.42 Å². The lowest BCUT2D eigenvalue weighted by Gasteiger charge is -2.24. The zero-order valence-corrected chi connectivity index (χ0v) is 14.3. The Bertz CT molecular complexity index is 498. The van der Waals surface area contributed by atoms with Gasteiger partial charge in [-0.25, -0.2) is 0 Å². The summed E-state index contributed by atoms with van der Waals surface area (Å²) < 4.78 is 0. The molecule has 1 aromatic carbocycles. The molecule has 2 nitrogen and oxygen atoms in total. The predicted octanol–water partition coefficient (Wildman–Crippen LogP) is 4.41. The van der Waals surface area contributed by atoms with Crippen LogP contribution in [-0.4, -0.2) is 18.4 Å². The van der Waals surface area contributed by atoms with Crippen LogP contribution in [0.1, 0.15) is 61.4 Å². The maximum absolute atomic E-state index is 12.5. The maximum atomic E-state index is 12.5. The lowest BCUT2D eigenvalue weighted by molar-refractivity contribution is 0.0894. The molecule has 0 amide bonds. The van der Waals surface area contributed by atoms with Crippen molar-refractivity contribution in [3.8, 4) is 0 Å². The zero-order valence-electron chi connectivity index (χ0n) is 13.5. The molecule has 22 heavy (non-hydrogen) atoms. The number of halogens is 1. The van der Waals surface area contributed by atoms with E-state index in [1.54, 1.807) is 0 Å². The van der Waals surface area contributed by atoms with Crippen molar-refractivity contribution in [2.24, 2.45) is 11.8 Å². The van der Waals surface area contributed by atoms with E-state index in [0.29, 0.717) is 11.8 Å². The van der Waals surface area contributed by atoms with Crippen LogP contribution >= 0.6 is 12.4 Å². The smallest absolute Gasteiger partial charge is 0.166 e. The van der Waals surface area contributed by atoms with Gasteiger partial charge in [0.1, 0.15) is 0 Å². The first-order valence-electron chi connectivity index (χ1n) is 8.63. The van der Waals surface area contributed by atoms with Gasteiger partial charge < -0.3 is 5.32 Å². The summed E-state index contributed by atoms with van der Waals surface area (Å²) >= 11 is 0. The van der Waals surface area contributed by atoms with Crippen molar-refractivity contribution in [3.05, 3.63) is 35.4 Å². The molecule has 1 saturated carbocycles. The van der Waals surface area contributed by atoms with Crippen LogP contribution in [0.15, 0.2) is 24.3 Å². The summed E-state index contributed by atoms with van der Waals surface area (Å²) in [4.78, 5) is 12.5. The van der Waals surface area contributed by atoms with Crippen LogP contribution in [0.3, 0.4) is 0 Å². The molecule has 2 unspecified atom stereocenters. The van der Waals surface area contributed by atoms with Crippen molar-refractivity contribution in [1.82, 2.24) is 5.32 Å². The molecular weight excluding hydrogens is 294 g/mol. The zero-order chi connectivity index (χ0) is 14.7. The minimum Gasteiger partial charge on any atom is -0.314 e. The van der Waals surface area contributed by atoms with Crippen LogP contribution in [0.2, 0.25) is 0 Å². The average molecular weight is 322 g/mol. The van der Waals surface area contributed by atoms with Gasteiger partial charge in [-0.05, 0) is 50.1 Å². The highest BCUT2D eigenvalue weighted by Crippen LogP contribution is 2.34. The molecule has 0 aliphatic heterocycles. The van der Waals surface area contributed by atoms with Gasteiger partial charge in [-0.15, -0.1) is 12.4 Å². The summed E-state index contributed by atoms with van der Waals surface area (Å²) in [5.41, 5.74) is 2.21. The summed E-state index contributed by atoms with van der Waals surface area (Å²) in [6, 6.07) is 8.78. The Labute approximate surface area is 140 Å². The summed E-state index contributed by atoms with van der Waals surface area (Å²) in [5.74, 6) is 1.57. The highest BCUT2D eigenvalue weighted by molar-refractivity contribution is 6.00. The van der Waals surface area contributed by atoms with Crippen molar-refractivity contribution in [2.75, 3.05) is 6.54 Å². The van der Waals surface area contributed by atoms with Gasteiger partial charge in [-0.3, -0.25) is 4.79 Å². The molecule has 2 atom stereocenters. The quantitative estimate of drug-likeness (QED) is 0.806. The third-order valence-corrected chi connectivity index (χ3v) is 5.15. The Balaban J connectivity index is 0.00000176. The lowest BCUT2D eigenvalue weighted by Crippen LogP contribution is -2.33. The van der Waals surface area contributed by atoms with Gasteiger partial charge in [0, 0.05) is 17.5 Å². The molecule has 0 radical (unpaired) electrons. The second kappa shape index (κ2) is 8.12. The van der Waals surface area contributed by atoms with Crippen molar-refractivity contribution in [3.63, 3.8) is 0 Å². The minimum absolute atomic E-state index is 0. The summed E-state index contributed by atoms with van der Waals surface area (Å²) in [6.07, 6.45) is 8.47. The highest BCUT2D eigenvalue weighted by Gasteiger charge is 2.27. The number of aryl methyl sites for hydroxylation is 1. The van der Waals surface area contributed by atoms with E-state index in [2.05, 4.69) is 18.3 Å². The fourth-order valence-corrected chi connectivity index (χ4v) is 3.55. The van der Waals surface area contributed by atoms with Crippen LogP contribution < -0.4 is 5.32 Å². The maximum Gasteiger partial charge on any atom is 0.166 e. The topological polar surface area (TPSA) is 29.1 Å². The van der Waals surface area contributed by atoms with Crippen LogP contribution in [0.5, 0.6) is 0 Å². The third-order valence-electron chi connectivity index (χ3n) is 5.15. The largest absolute Gasteiger partial charge is 0.314 e. The van der Waals surface area contributed by atoms with Gasteiger partial charge in [0.05, 0.1) is 0 Å². The van der Waals surface area contributed by atoms with Gasteiger partial charge in [0.2, 0.25) is 0 Å². The molecule has 1 fully saturated rings. The fraction of sp³-hybridized carbons (Fsp3) is 0.632. The monoisotopic (exact) mass is 321 g/mol. The van der Waals surface area contributed by atoms with Crippen molar-refractivity contribution in [1.29, 1.82) is 0 Å². The first kappa shape index (κ1) is 17.5. The first-order valence-corrected chi connectivity index (χ1v) is 8.63. The Morgan fingerprint density at radius 3 is 2.73 bits per heavy atom. The third kappa shape index (κ3) is 4.33. The standard InChI is InChI=1S/C19H27NO.ClH/c1-2-17(13-14-7-8-14)20-12-11-16-10-9-15-5-3-4-6-18(15)19(16)21;/h3-6,14,16-17,20H,2,7-13H2,1H3;1H.